The average molecular weight is 260 g/mol. The second kappa shape index (κ2) is 6.95. The van der Waals surface area contributed by atoms with Crippen molar-refractivity contribution in [2.75, 3.05) is 11.9 Å². The molecule has 0 spiro atoms. The van der Waals surface area contributed by atoms with E-state index < -0.39 is 0 Å². The number of anilines is 1. The lowest BCUT2D eigenvalue weighted by molar-refractivity contribution is 0.523. The molecule has 0 radical (unpaired) electrons. The van der Waals surface area contributed by atoms with Crippen LogP contribution >= 0.6 is 0 Å². The summed E-state index contributed by atoms with van der Waals surface area (Å²) in [5, 5.41) is 7.18. The Balaban J connectivity index is 1.84. The van der Waals surface area contributed by atoms with Gasteiger partial charge in [0.05, 0.1) is 0 Å². The van der Waals surface area contributed by atoms with Gasteiger partial charge in [-0.25, -0.2) is 0 Å². The minimum Gasteiger partial charge on any atom is -0.383 e. The molecule has 3 unspecified atom stereocenters. The van der Waals surface area contributed by atoms with Crippen molar-refractivity contribution in [1.29, 1.82) is 0 Å². The highest BCUT2D eigenvalue weighted by Gasteiger charge is 2.16. The Morgan fingerprint density at radius 3 is 2.58 bits per heavy atom. The van der Waals surface area contributed by atoms with Gasteiger partial charge in [0.2, 0.25) is 0 Å². The van der Waals surface area contributed by atoms with Gasteiger partial charge in [0.25, 0.3) is 0 Å². The molecule has 2 heteroatoms. The standard InChI is InChI=1S/C17H28N2/c1-4-13(2)15-7-9-16(10-8-15)19-14(3)12-17-6-5-11-18-17/h7-10,13-14,17-19H,4-6,11-12H2,1-3H3. The topological polar surface area (TPSA) is 24.1 Å². The molecule has 2 nitrogen and oxygen atoms in total. The molecule has 1 aliphatic rings. The Morgan fingerprint density at radius 2 is 2.00 bits per heavy atom. The highest BCUT2D eigenvalue weighted by atomic mass is 15.0. The van der Waals surface area contributed by atoms with Gasteiger partial charge in [0.1, 0.15) is 0 Å². The van der Waals surface area contributed by atoms with Gasteiger partial charge in [-0.1, -0.05) is 26.0 Å². The fraction of sp³-hybridized carbons (Fsp3) is 0.647. The van der Waals surface area contributed by atoms with E-state index in [1.54, 1.807) is 0 Å². The van der Waals surface area contributed by atoms with Crippen LogP contribution in [-0.2, 0) is 0 Å². The molecule has 0 aromatic heterocycles. The highest BCUT2D eigenvalue weighted by Crippen LogP contribution is 2.21. The van der Waals surface area contributed by atoms with Crippen molar-refractivity contribution in [3.8, 4) is 0 Å². The SMILES string of the molecule is CCC(C)c1ccc(NC(C)CC2CCCN2)cc1. The molecule has 1 aliphatic heterocycles. The third-order valence-electron chi connectivity index (χ3n) is 4.31. The van der Waals surface area contributed by atoms with Crippen LogP contribution < -0.4 is 10.6 Å². The molecule has 106 valence electrons. The van der Waals surface area contributed by atoms with Gasteiger partial charge in [-0.3, -0.25) is 0 Å². The van der Waals surface area contributed by atoms with Crippen LogP contribution in [0.4, 0.5) is 5.69 Å². The first-order valence-corrected chi connectivity index (χ1v) is 7.79. The molecular formula is C17H28N2. The lowest BCUT2D eigenvalue weighted by Crippen LogP contribution is -2.29. The molecule has 1 saturated heterocycles. The molecule has 1 heterocycles. The van der Waals surface area contributed by atoms with Crippen LogP contribution in [0.2, 0.25) is 0 Å². The maximum Gasteiger partial charge on any atom is 0.0342 e. The first kappa shape index (κ1) is 14.4. The number of hydrogen-bond acceptors (Lipinski definition) is 2. The van der Waals surface area contributed by atoms with Crippen LogP contribution in [0.3, 0.4) is 0 Å². The first-order chi connectivity index (χ1) is 9.19. The molecule has 1 aromatic carbocycles. The van der Waals surface area contributed by atoms with Gasteiger partial charge in [0, 0.05) is 17.8 Å². The van der Waals surface area contributed by atoms with Gasteiger partial charge in [-0.05, 0) is 62.8 Å². The van der Waals surface area contributed by atoms with Gasteiger partial charge in [0.15, 0.2) is 0 Å². The average Bonchev–Trinajstić information content (AvgIpc) is 2.91. The molecule has 19 heavy (non-hydrogen) atoms. The van der Waals surface area contributed by atoms with Crippen LogP contribution in [0.15, 0.2) is 24.3 Å². The third-order valence-corrected chi connectivity index (χ3v) is 4.31. The normalized spacial score (nSPS) is 22.2. The predicted octanol–water partition coefficient (Wildman–Crippen LogP) is 4.14. The molecule has 0 amide bonds. The fourth-order valence-corrected chi connectivity index (χ4v) is 2.87. The van der Waals surface area contributed by atoms with Crippen molar-refractivity contribution >= 4 is 5.69 Å². The van der Waals surface area contributed by atoms with Crippen molar-refractivity contribution in [3.05, 3.63) is 29.8 Å². The van der Waals surface area contributed by atoms with Crippen LogP contribution in [0.5, 0.6) is 0 Å². The van der Waals surface area contributed by atoms with E-state index in [1.807, 2.05) is 0 Å². The summed E-state index contributed by atoms with van der Waals surface area (Å²) in [6, 6.07) is 10.2. The minimum atomic E-state index is 0.532. The Kier molecular flexibility index (Phi) is 5.26. The summed E-state index contributed by atoms with van der Waals surface area (Å²) in [6.45, 7) is 8.01. The van der Waals surface area contributed by atoms with E-state index in [2.05, 4.69) is 55.7 Å². The van der Waals surface area contributed by atoms with E-state index in [0.717, 1.165) is 0 Å². The van der Waals surface area contributed by atoms with E-state index in [9.17, 15) is 0 Å². The molecule has 1 fully saturated rings. The van der Waals surface area contributed by atoms with Crippen LogP contribution in [0, 0.1) is 0 Å². The van der Waals surface area contributed by atoms with Gasteiger partial charge >= 0.3 is 0 Å². The van der Waals surface area contributed by atoms with E-state index in [1.165, 1.54) is 43.5 Å². The molecule has 0 saturated carbocycles. The third kappa shape index (κ3) is 4.24. The monoisotopic (exact) mass is 260 g/mol. The molecule has 2 N–H and O–H groups in total. The second-order valence-corrected chi connectivity index (χ2v) is 6.01. The largest absolute Gasteiger partial charge is 0.383 e. The molecule has 0 aliphatic carbocycles. The Labute approximate surface area is 118 Å². The summed E-state index contributed by atoms with van der Waals surface area (Å²) in [4.78, 5) is 0. The van der Waals surface area contributed by atoms with E-state index in [4.69, 9.17) is 0 Å². The van der Waals surface area contributed by atoms with Gasteiger partial charge in [-0.2, -0.15) is 0 Å². The summed E-state index contributed by atoms with van der Waals surface area (Å²) in [5.41, 5.74) is 2.69. The summed E-state index contributed by atoms with van der Waals surface area (Å²) in [7, 11) is 0. The second-order valence-electron chi connectivity index (χ2n) is 6.01. The van der Waals surface area contributed by atoms with Gasteiger partial charge in [-0.15, -0.1) is 0 Å². The zero-order chi connectivity index (χ0) is 13.7. The maximum absolute atomic E-state index is 3.61. The number of hydrogen-bond donors (Lipinski definition) is 2. The smallest absolute Gasteiger partial charge is 0.0342 e. The zero-order valence-electron chi connectivity index (χ0n) is 12.6. The Morgan fingerprint density at radius 1 is 1.26 bits per heavy atom. The maximum atomic E-state index is 3.61. The molecule has 2 rings (SSSR count). The van der Waals surface area contributed by atoms with Crippen molar-refractivity contribution in [3.63, 3.8) is 0 Å². The summed E-state index contributed by atoms with van der Waals surface area (Å²) >= 11 is 0. The van der Waals surface area contributed by atoms with Crippen LogP contribution in [0.1, 0.15) is 57.9 Å². The minimum absolute atomic E-state index is 0.532. The number of benzene rings is 1. The fourth-order valence-electron chi connectivity index (χ4n) is 2.87. The zero-order valence-corrected chi connectivity index (χ0v) is 12.6. The Hall–Kier alpha value is -1.02. The van der Waals surface area contributed by atoms with Crippen molar-refractivity contribution in [1.82, 2.24) is 5.32 Å². The lowest BCUT2D eigenvalue weighted by Gasteiger charge is -2.20. The summed E-state index contributed by atoms with van der Waals surface area (Å²) in [6.07, 6.45) is 5.09. The molecule has 0 bridgehead atoms. The van der Waals surface area contributed by atoms with E-state index in [-0.39, 0.29) is 0 Å². The molecular weight excluding hydrogens is 232 g/mol. The molecule has 1 aromatic rings. The lowest BCUT2D eigenvalue weighted by atomic mass is 9.98. The van der Waals surface area contributed by atoms with E-state index >= 15 is 0 Å². The van der Waals surface area contributed by atoms with Crippen molar-refractivity contribution in [2.24, 2.45) is 0 Å². The van der Waals surface area contributed by atoms with Crippen LogP contribution in [0.25, 0.3) is 0 Å². The predicted molar refractivity (Wildman–Crippen MR) is 83.9 cm³/mol. The first-order valence-electron chi connectivity index (χ1n) is 7.79. The van der Waals surface area contributed by atoms with Crippen molar-refractivity contribution in [2.45, 2.75) is 64.5 Å². The highest BCUT2D eigenvalue weighted by molar-refractivity contribution is 5.45. The molecule has 3 atom stereocenters. The van der Waals surface area contributed by atoms with Gasteiger partial charge < -0.3 is 10.6 Å². The summed E-state index contributed by atoms with van der Waals surface area (Å²) in [5.74, 6) is 0.661. The van der Waals surface area contributed by atoms with Crippen LogP contribution in [-0.4, -0.2) is 18.6 Å². The van der Waals surface area contributed by atoms with E-state index in [0.29, 0.717) is 18.0 Å². The van der Waals surface area contributed by atoms with Crippen molar-refractivity contribution < 1.29 is 0 Å². The quantitative estimate of drug-likeness (QED) is 0.803. The Bertz CT molecular complexity index is 365. The summed E-state index contributed by atoms with van der Waals surface area (Å²) < 4.78 is 0. The number of nitrogens with one attached hydrogen (secondary N) is 2. The number of rotatable bonds is 6.